The van der Waals surface area contributed by atoms with E-state index in [1.54, 1.807) is 47.6 Å². The van der Waals surface area contributed by atoms with Gasteiger partial charge in [-0.3, -0.25) is 19.1 Å². The van der Waals surface area contributed by atoms with Gasteiger partial charge in [-0.25, -0.2) is 9.37 Å². The topological polar surface area (TPSA) is 149 Å². The van der Waals surface area contributed by atoms with E-state index in [1.807, 2.05) is 13.0 Å². The summed E-state index contributed by atoms with van der Waals surface area (Å²) in [6.07, 6.45) is 6.20. The van der Waals surface area contributed by atoms with Crippen LogP contribution >= 0.6 is 11.3 Å². The molecule has 234 valence electrons. The normalized spacial score (nSPS) is 19.3. The molecule has 3 atom stereocenters. The first kappa shape index (κ1) is 29.7. The molecule has 2 aromatic carbocycles. The predicted molar refractivity (Wildman–Crippen MR) is 170 cm³/mol. The number of hydrogen-bond donors (Lipinski definition) is 2. The molecular weight excluding hydrogens is 607 g/mol. The Balaban J connectivity index is 1.10. The highest BCUT2D eigenvalue weighted by atomic mass is 32.1. The van der Waals surface area contributed by atoms with Crippen molar-refractivity contribution in [1.29, 1.82) is 0 Å². The molecule has 13 heteroatoms. The highest BCUT2D eigenvalue weighted by Crippen LogP contribution is 2.38. The number of rotatable bonds is 7. The third-order valence-electron chi connectivity index (χ3n) is 8.68. The molecule has 2 aliphatic rings. The number of likely N-dealkylation sites (tertiary alicyclic amines) is 1. The number of carbonyl (C=O) groups excluding carboxylic acids is 3. The number of fused-ring (bicyclic) bond motifs is 2. The van der Waals surface area contributed by atoms with Gasteiger partial charge in [-0.15, -0.1) is 11.3 Å². The van der Waals surface area contributed by atoms with Crippen LogP contribution in [0.15, 0.2) is 60.9 Å². The Hall–Kier alpha value is -5.04. The molecule has 1 fully saturated rings. The second kappa shape index (κ2) is 12.0. The fourth-order valence-corrected chi connectivity index (χ4v) is 7.66. The number of thiazole rings is 1. The maximum atomic E-state index is 13.8. The molecule has 5 aromatic rings. The van der Waals surface area contributed by atoms with Gasteiger partial charge in [0.05, 0.1) is 34.5 Å². The predicted octanol–water partition coefficient (Wildman–Crippen LogP) is 4.29. The minimum atomic E-state index is -0.703. The number of aryl methyl sites for hydroxylation is 1. The Labute approximate surface area is 267 Å². The van der Waals surface area contributed by atoms with Crippen LogP contribution in [0, 0.1) is 11.7 Å². The molecular formula is C33H31FN8O3S. The Morgan fingerprint density at radius 3 is 2.63 bits per heavy atom. The van der Waals surface area contributed by atoms with Crippen molar-refractivity contribution in [2.75, 3.05) is 6.54 Å². The summed E-state index contributed by atoms with van der Waals surface area (Å²) in [5, 5.41) is 16.7. The Morgan fingerprint density at radius 2 is 1.87 bits per heavy atom. The van der Waals surface area contributed by atoms with Gasteiger partial charge in [0, 0.05) is 23.1 Å². The smallest absolute Gasteiger partial charge is 0.269 e. The van der Waals surface area contributed by atoms with Crippen molar-refractivity contribution < 1.29 is 18.8 Å². The molecule has 0 saturated carbocycles. The lowest BCUT2D eigenvalue weighted by molar-refractivity contribution is -0.139. The van der Waals surface area contributed by atoms with Crippen molar-refractivity contribution in [3.05, 3.63) is 83.0 Å². The maximum absolute atomic E-state index is 13.8. The van der Waals surface area contributed by atoms with E-state index in [-0.39, 0.29) is 41.8 Å². The molecule has 1 aliphatic heterocycles. The van der Waals surface area contributed by atoms with E-state index >= 15 is 0 Å². The average Bonchev–Trinajstić information content (AvgIpc) is 3.77. The summed E-state index contributed by atoms with van der Waals surface area (Å²) >= 11 is 1.52. The van der Waals surface area contributed by atoms with Crippen LogP contribution in [0.2, 0.25) is 0 Å². The SMILES string of the molecule is CC1CC(C(=O)NC2CCCc3nc(-c4ccc(F)cc4)sc32)N(C(=O)Cn2nc(C(N)=O)c3cc(-c4ccnnc4)ccc32)C1. The standard InChI is InChI=1S/C33H31FN8O3S/c1-18-13-27(32(45)38-24-3-2-4-25-30(24)46-33(39-25)19-5-8-22(34)9-6-19)41(16-18)28(43)17-42-26-10-7-20(21-11-12-36-37-15-21)14-23(26)29(40-42)31(35)44/h5-12,14-15,18,24,27H,2-4,13,16-17H2,1H3,(H2,35,44)(H,38,45). The van der Waals surface area contributed by atoms with Crippen LogP contribution in [-0.2, 0) is 22.6 Å². The van der Waals surface area contributed by atoms with Gasteiger partial charge >= 0.3 is 0 Å². The first-order valence-corrected chi connectivity index (χ1v) is 16.0. The molecule has 0 spiro atoms. The quantitative estimate of drug-likeness (QED) is 0.270. The summed E-state index contributed by atoms with van der Waals surface area (Å²) in [7, 11) is 0. The first-order valence-electron chi connectivity index (χ1n) is 15.2. The van der Waals surface area contributed by atoms with E-state index < -0.39 is 11.9 Å². The molecule has 3 N–H and O–H groups in total. The van der Waals surface area contributed by atoms with E-state index in [0.29, 0.717) is 23.9 Å². The summed E-state index contributed by atoms with van der Waals surface area (Å²) in [6, 6.07) is 12.7. The van der Waals surface area contributed by atoms with Crippen LogP contribution in [0.3, 0.4) is 0 Å². The van der Waals surface area contributed by atoms with Crippen LogP contribution in [0.4, 0.5) is 4.39 Å². The van der Waals surface area contributed by atoms with Gasteiger partial charge in [0.2, 0.25) is 11.8 Å². The molecule has 7 rings (SSSR count). The van der Waals surface area contributed by atoms with Gasteiger partial charge in [0.1, 0.15) is 23.4 Å². The summed E-state index contributed by atoms with van der Waals surface area (Å²) < 4.78 is 15.0. The van der Waals surface area contributed by atoms with Crippen molar-refractivity contribution in [2.24, 2.45) is 11.7 Å². The molecule has 4 heterocycles. The highest BCUT2D eigenvalue weighted by Gasteiger charge is 2.39. The third kappa shape index (κ3) is 5.62. The number of nitrogens with one attached hydrogen (secondary N) is 1. The molecule has 11 nitrogen and oxygen atoms in total. The van der Waals surface area contributed by atoms with Crippen LogP contribution in [0.25, 0.3) is 32.6 Å². The van der Waals surface area contributed by atoms with Crippen LogP contribution in [0.5, 0.6) is 0 Å². The molecule has 0 bridgehead atoms. The highest BCUT2D eigenvalue weighted by molar-refractivity contribution is 7.15. The number of carbonyl (C=O) groups is 3. The number of benzene rings is 2. The van der Waals surface area contributed by atoms with Crippen LogP contribution in [0.1, 0.15) is 53.3 Å². The van der Waals surface area contributed by atoms with Gasteiger partial charge in [0.15, 0.2) is 5.69 Å². The van der Waals surface area contributed by atoms with Gasteiger partial charge in [-0.1, -0.05) is 13.0 Å². The van der Waals surface area contributed by atoms with E-state index in [1.165, 1.54) is 28.2 Å². The molecule has 3 aromatic heterocycles. The zero-order valence-corrected chi connectivity index (χ0v) is 25.8. The maximum Gasteiger partial charge on any atom is 0.269 e. The number of amides is 3. The number of nitrogens with zero attached hydrogens (tertiary/aromatic N) is 6. The minimum Gasteiger partial charge on any atom is -0.364 e. The van der Waals surface area contributed by atoms with Crippen molar-refractivity contribution in [3.8, 4) is 21.7 Å². The van der Waals surface area contributed by atoms with Crippen molar-refractivity contribution in [1.82, 2.24) is 35.2 Å². The van der Waals surface area contributed by atoms with Crippen LogP contribution < -0.4 is 11.1 Å². The van der Waals surface area contributed by atoms with Crippen molar-refractivity contribution in [2.45, 2.75) is 51.2 Å². The largest absolute Gasteiger partial charge is 0.364 e. The number of hydrogen-bond acceptors (Lipinski definition) is 8. The van der Waals surface area contributed by atoms with Gasteiger partial charge in [-0.2, -0.15) is 15.3 Å². The first-order chi connectivity index (χ1) is 22.2. The number of nitrogens with two attached hydrogens (primary N) is 1. The van der Waals surface area contributed by atoms with Crippen molar-refractivity contribution in [3.63, 3.8) is 0 Å². The Kier molecular flexibility index (Phi) is 7.77. The summed E-state index contributed by atoms with van der Waals surface area (Å²) in [4.78, 5) is 47.3. The van der Waals surface area contributed by atoms with Gasteiger partial charge in [-0.05, 0) is 79.6 Å². The third-order valence-corrected chi connectivity index (χ3v) is 9.94. The second-order valence-electron chi connectivity index (χ2n) is 11.9. The summed E-state index contributed by atoms with van der Waals surface area (Å²) in [5.74, 6) is -1.35. The molecule has 3 unspecified atom stereocenters. The van der Waals surface area contributed by atoms with E-state index in [9.17, 15) is 18.8 Å². The van der Waals surface area contributed by atoms with E-state index in [0.717, 1.165) is 51.5 Å². The van der Waals surface area contributed by atoms with E-state index in [2.05, 4.69) is 20.6 Å². The lowest BCUT2D eigenvalue weighted by Crippen LogP contribution is -2.48. The Morgan fingerprint density at radius 1 is 1.07 bits per heavy atom. The molecule has 1 saturated heterocycles. The fraction of sp³-hybridized carbons (Fsp3) is 0.303. The molecule has 0 radical (unpaired) electrons. The van der Waals surface area contributed by atoms with E-state index in [4.69, 9.17) is 10.7 Å². The zero-order valence-electron chi connectivity index (χ0n) is 25.0. The molecule has 46 heavy (non-hydrogen) atoms. The lowest BCUT2D eigenvalue weighted by Gasteiger charge is -2.28. The number of halogens is 1. The van der Waals surface area contributed by atoms with Crippen molar-refractivity contribution >= 4 is 40.0 Å². The van der Waals surface area contributed by atoms with Gasteiger partial charge in [0.25, 0.3) is 5.91 Å². The van der Waals surface area contributed by atoms with Gasteiger partial charge < -0.3 is 16.0 Å². The monoisotopic (exact) mass is 638 g/mol. The molecule has 3 amide bonds. The van der Waals surface area contributed by atoms with Crippen LogP contribution in [-0.4, -0.2) is 60.2 Å². The average molecular weight is 639 g/mol. The minimum absolute atomic E-state index is 0.0633. The summed E-state index contributed by atoms with van der Waals surface area (Å²) in [5.41, 5.74) is 9.72. The number of aromatic nitrogens is 5. The molecule has 1 aliphatic carbocycles. The number of primary amides is 1. The zero-order chi connectivity index (χ0) is 31.9. The lowest BCUT2D eigenvalue weighted by atomic mass is 9.97. The second-order valence-corrected chi connectivity index (χ2v) is 13.0. The fourth-order valence-electron chi connectivity index (χ4n) is 6.45. The summed E-state index contributed by atoms with van der Waals surface area (Å²) in [6.45, 7) is 2.30. The Bertz CT molecular complexity index is 1960.